The third kappa shape index (κ3) is 3.67. The summed E-state index contributed by atoms with van der Waals surface area (Å²) in [6, 6.07) is 2.56. The molecule has 0 aliphatic heterocycles. The Balaban J connectivity index is 2.31. The van der Waals surface area contributed by atoms with Gasteiger partial charge in [0.25, 0.3) is 0 Å². The first-order chi connectivity index (χ1) is 9.31. The minimum Gasteiger partial charge on any atom is -0.326 e. The van der Waals surface area contributed by atoms with E-state index >= 15 is 0 Å². The van der Waals surface area contributed by atoms with Gasteiger partial charge in [0.1, 0.15) is 4.90 Å². The van der Waals surface area contributed by atoms with E-state index in [-0.39, 0.29) is 27.0 Å². The van der Waals surface area contributed by atoms with Crippen LogP contribution in [0.4, 0.5) is 0 Å². The Morgan fingerprint density at radius 1 is 1.20 bits per heavy atom. The van der Waals surface area contributed by atoms with Crippen LogP contribution >= 0.6 is 39.1 Å². The molecule has 1 saturated carbocycles. The van der Waals surface area contributed by atoms with Crippen molar-refractivity contribution >= 4 is 49.2 Å². The van der Waals surface area contributed by atoms with Gasteiger partial charge in [0.15, 0.2) is 0 Å². The summed E-state index contributed by atoms with van der Waals surface area (Å²) in [6.07, 6.45) is 3.53. The third-order valence-electron chi connectivity index (χ3n) is 3.36. The third-order valence-corrected chi connectivity index (χ3v) is 6.23. The number of rotatable bonds is 3. The van der Waals surface area contributed by atoms with E-state index in [9.17, 15) is 8.42 Å². The zero-order chi connectivity index (χ0) is 14.9. The molecule has 112 valence electrons. The molecule has 1 aliphatic carbocycles. The molecule has 0 heterocycles. The number of hydrogen-bond acceptors (Lipinski definition) is 3. The summed E-state index contributed by atoms with van der Waals surface area (Å²) in [7, 11) is -3.79. The molecule has 8 heteroatoms. The predicted molar refractivity (Wildman–Crippen MR) is 84.7 cm³/mol. The zero-order valence-corrected chi connectivity index (χ0v) is 14.5. The molecule has 1 aromatic rings. The fourth-order valence-corrected chi connectivity index (χ4v) is 5.61. The van der Waals surface area contributed by atoms with Crippen molar-refractivity contribution in [3.05, 3.63) is 26.7 Å². The molecule has 1 aliphatic rings. The maximum atomic E-state index is 12.4. The van der Waals surface area contributed by atoms with Crippen molar-refractivity contribution in [3.8, 4) is 0 Å². The molecule has 1 aromatic carbocycles. The van der Waals surface area contributed by atoms with Gasteiger partial charge in [0.2, 0.25) is 10.0 Å². The van der Waals surface area contributed by atoms with Crippen molar-refractivity contribution in [2.24, 2.45) is 5.73 Å². The van der Waals surface area contributed by atoms with Crippen LogP contribution in [0.5, 0.6) is 0 Å². The lowest BCUT2D eigenvalue weighted by atomic mass is 9.92. The van der Waals surface area contributed by atoms with Crippen molar-refractivity contribution in [2.45, 2.75) is 42.7 Å². The van der Waals surface area contributed by atoms with E-state index in [2.05, 4.69) is 20.7 Å². The molecule has 20 heavy (non-hydrogen) atoms. The van der Waals surface area contributed by atoms with E-state index in [0.717, 1.165) is 25.7 Å². The van der Waals surface area contributed by atoms with Crippen LogP contribution in [-0.2, 0) is 10.0 Å². The molecule has 0 radical (unpaired) electrons. The molecule has 0 saturated heterocycles. The molecule has 2 rings (SSSR count). The van der Waals surface area contributed by atoms with Crippen LogP contribution in [0.2, 0.25) is 10.0 Å². The largest absolute Gasteiger partial charge is 0.326 e. The summed E-state index contributed by atoms with van der Waals surface area (Å²) in [6.45, 7) is 0. The first kappa shape index (κ1) is 16.5. The molecular weight excluding hydrogens is 387 g/mol. The molecule has 0 amide bonds. The van der Waals surface area contributed by atoms with Crippen LogP contribution < -0.4 is 10.5 Å². The van der Waals surface area contributed by atoms with Gasteiger partial charge in [-0.1, -0.05) is 52.0 Å². The van der Waals surface area contributed by atoms with Gasteiger partial charge in [0.05, 0.1) is 10.0 Å². The second-order valence-electron chi connectivity index (χ2n) is 4.87. The highest BCUT2D eigenvalue weighted by Crippen LogP contribution is 2.33. The number of benzene rings is 1. The highest BCUT2D eigenvalue weighted by molar-refractivity contribution is 9.10. The van der Waals surface area contributed by atoms with Crippen LogP contribution in [0.25, 0.3) is 0 Å². The molecule has 2 atom stereocenters. The van der Waals surface area contributed by atoms with Crippen molar-refractivity contribution < 1.29 is 8.42 Å². The minimum atomic E-state index is -3.79. The lowest BCUT2D eigenvalue weighted by molar-refractivity contribution is 0.361. The molecule has 0 aromatic heterocycles. The fourth-order valence-electron chi connectivity index (χ4n) is 2.35. The normalized spacial score (nSPS) is 23.8. The molecule has 0 unspecified atom stereocenters. The fraction of sp³-hybridized carbons (Fsp3) is 0.500. The summed E-state index contributed by atoms with van der Waals surface area (Å²) >= 11 is 15.2. The van der Waals surface area contributed by atoms with Crippen LogP contribution in [0.15, 0.2) is 21.5 Å². The van der Waals surface area contributed by atoms with E-state index in [1.807, 2.05) is 0 Å². The van der Waals surface area contributed by atoms with Gasteiger partial charge >= 0.3 is 0 Å². The molecule has 3 N–H and O–H groups in total. The van der Waals surface area contributed by atoms with E-state index in [4.69, 9.17) is 28.9 Å². The Kier molecular flexibility index (Phi) is 5.37. The Labute approximate surface area is 137 Å². The van der Waals surface area contributed by atoms with Crippen LogP contribution in [-0.4, -0.2) is 20.5 Å². The lowest BCUT2D eigenvalue weighted by Gasteiger charge is -2.29. The summed E-state index contributed by atoms with van der Waals surface area (Å²) in [5.74, 6) is 0. The first-order valence-electron chi connectivity index (χ1n) is 6.24. The highest BCUT2D eigenvalue weighted by atomic mass is 79.9. The van der Waals surface area contributed by atoms with Gasteiger partial charge in [-0.25, -0.2) is 13.1 Å². The van der Waals surface area contributed by atoms with Gasteiger partial charge in [-0.3, -0.25) is 0 Å². The van der Waals surface area contributed by atoms with Crippen molar-refractivity contribution in [3.63, 3.8) is 0 Å². The Bertz CT molecular complexity index is 586. The van der Waals surface area contributed by atoms with Gasteiger partial charge in [-0.2, -0.15) is 0 Å². The van der Waals surface area contributed by atoms with E-state index in [1.54, 1.807) is 0 Å². The number of hydrogen-bond donors (Lipinski definition) is 2. The van der Waals surface area contributed by atoms with Gasteiger partial charge in [-0.05, 0) is 25.0 Å². The molecular formula is C12H15BrCl2N2O2S. The maximum absolute atomic E-state index is 12.4. The minimum absolute atomic E-state index is 0.0845. The smallest absolute Gasteiger partial charge is 0.243 e. The molecule has 4 nitrogen and oxygen atoms in total. The summed E-state index contributed by atoms with van der Waals surface area (Å²) < 4.78 is 28.1. The van der Waals surface area contributed by atoms with E-state index in [0.29, 0.717) is 4.47 Å². The second kappa shape index (κ2) is 6.50. The lowest BCUT2D eigenvalue weighted by Crippen LogP contribution is -2.49. The second-order valence-corrected chi connectivity index (χ2v) is 8.26. The van der Waals surface area contributed by atoms with Crippen LogP contribution in [0.1, 0.15) is 25.7 Å². The standard InChI is InChI=1S/C12H15BrCl2N2O2S/c13-7-5-8(14)12(9(15)6-7)20(18,19)17-11-4-2-1-3-10(11)16/h5-6,10-11,17H,1-4,16H2/t10-,11-/m1/s1. The van der Waals surface area contributed by atoms with Crippen LogP contribution in [0.3, 0.4) is 0 Å². The van der Waals surface area contributed by atoms with Gasteiger partial charge < -0.3 is 5.73 Å². The SMILES string of the molecule is N[C@@H]1CCCC[C@H]1NS(=O)(=O)c1c(Cl)cc(Br)cc1Cl. The highest BCUT2D eigenvalue weighted by Gasteiger charge is 2.29. The molecule has 0 bridgehead atoms. The number of nitrogens with one attached hydrogen (secondary N) is 1. The summed E-state index contributed by atoms with van der Waals surface area (Å²) in [5.41, 5.74) is 5.96. The Morgan fingerprint density at radius 3 is 2.30 bits per heavy atom. The van der Waals surface area contributed by atoms with Crippen molar-refractivity contribution in [2.75, 3.05) is 0 Å². The van der Waals surface area contributed by atoms with Gasteiger partial charge in [0, 0.05) is 16.6 Å². The molecule has 0 spiro atoms. The maximum Gasteiger partial charge on any atom is 0.243 e. The quantitative estimate of drug-likeness (QED) is 0.815. The Morgan fingerprint density at radius 2 is 1.75 bits per heavy atom. The Hall–Kier alpha value is 0.150. The number of sulfonamides is 1. The van der Waals surface area contributed by atoms with E-state index < -0.39 is 10.0 Å². The van der Waals surface area contributed by atoms with Crippen LogP contribution in [0, 0.1) is 0 Å². The number of nitrogens with two attached hydrogens (primary N) is 1. The summed E-state index contributed by atoms with van der Waals surface area (Å²) in [4.78, 5) is -0.0955. The summed E-state index contributed by atoms with van der Waals surface area (Å²) in [5, 5.41) is 0.169. The van der Waals surface area contributed by atoms with E-state index in [1.165, 1.54) is 12.1 Å². The monoisotopic (exact) mass is 400 g/mol. The first-order valence-corrected chi connectivity index (χ1v) is 9.27. The average molecular weight is 402 g/mol. The number of halogens is 3. The average Bonchev–Trinajstić information content (AvgIpc) is 2.30. The van der Waals surface area contributed by atoms with Gasteiger partial charge in [-0.15, -0.1) is 0 Å². The predicted octanol–water partition coefficient (Wildman–Crippen LogP) is 3.30. The van der Waals surface area contributed by atoms with Crippen molar-refractivity contribution in [1.82, 2.24) is 4.72 Å². The topological polar surface area (TPSA) is 72.2 Å². The zero-order valence-electron chi connectivity index (χ0n) is 10.6. The van der Waals surface area contributed by atoms with Crippen molar-refractivity contribution in [1.29, 1.82) is 0 Å². The molecule has 1 fully saturated rings.